The molecule has 0 unspecified atom stereocenters. The van der Waals surface area contributed by atoms with Crippen molar-refractivity contribution in [1.82, 2.24) is 9.97 Å². The number of nitrogens with two attached hydrogens (primary N) is 5. The Balaban J connectivity index is 0.000000152. The van der Waals surface area contributed by atoms with Crippen LogP contribution in [0.4, 0.5) is 28.7 Å². The molecular weight excluding hydrogens is 470 g/mol. The fourth-order valence-corrected chi connectivity index (χ4v) is 4.19. The van der Waals surface area contributed by atoms with Crippen molar-refractivity contribution in [3.63, 3.8) is 0 Å². The van der Waals surface area contributed by atoms with E-state index in [1.807, 2.05) is 42.5 Å². The van der Waals surface area contributed by atoms with Gasteiger partial charge in [0, 0.05) is 35.2 Å². The molecule has 6 rings (SSSR count). The van der Waals surface area contributed by atoms with Gasteiger partial charge in [-0.05, 0) is 29.8 Å². The van der Waals surface area contributed by atoms with Crippen LogP contribution in [0.2, 0.25) is 0 Å². The molecule has 10 N–H and O–H groups in total. The van der Waals surface area contributed by atoms with Crippen LogP contribution in [0, 0.1) is 22.7 Å². The predicted molar refractivity (Wildman–Crippen MR) is 139 cm³/mol. The molecule has 4 aromatic rings. The standard InChI is InChI=1S/C13H11N5O.C13H10N4O/c14-5-9-11(16)8-4-6-3-7(15)1-2-10(6)19-13(8)18-12(9)17;14-6-9-11(15)8-5-7-3-1-2-4-10(7)18-13(8)17-12(9)16/h1-3H,4,15H2,(H4,16,17,18);1-4H,5H2,(H4,15,16,17). The number of benzene rings is 2. The zero-order chi connectivity index (χ0) is 26.3. The number of nitrogen functional groups attached to an aromatic ring is 5. The van der Waals surface area contributed by atoms with E-state index in [4.69, 9.17) is 48.7 Å². The van der Waals surface area contributed by atoms with E-state index < -0.39 is 0 Å². The molecule has 0 bridgehead atoms. The molecule has 0 atom stereocenters. The first-order chi connectivity index (χ1) is 17.8. The van der Waals surface area contributed by atoms with Gasteiger partial charge in [0.1, 0.15) is 46.4 Å². The highest BCUT2D eigenvalue weighted by atomic mass is 16.5. The summed E-state index contributed by atoms with van der Waals surface area (Å²) in [5.41, 5.74) is 34.1. The number of nitriles is 2. The molecule has 0 saturated heterocycles. The Hall–Kier alpha value is -5.68. The first kappa shape index (κ1) is 23.1. The lowest BCUT2D eigenvalue weighted by molar-refractivity contribution is 0.442. The Morgan fingerprint density at radius 3 is 1.76 bits per heavy atom. The van der Waals surface area contributed by atoms with Gasteiger partial charge >= 0.3 is 0 Å². The van der Waals surface area contributed by atoms with E-state index >= 15 is 0 Å². The first-order valence-electron chi connectivity index (χ1n) is 11.1. The van der Waals surface area contributed by atoms with Gasteiger partial charge in [0.2, 0.25) is 11.8 Å². The number of rotatable bonds is 0. The van der Waals surface area contributed by atoms with E-state index in [0.29, 0.717) is 53.0 Å². The molecule has 2 aromatic carbocycles. The van der Waals surface area contributed by atoms with Gasteiger partial charge in [-0.15, -0.1) is 0 Å². The Kier molecular flexibility index (Phi) is 5.51. The second-order valence-corrected chi connectivity index (χ2v) is 8.40. The summed E-state index contributed by atoms with van der Waals surface area (Å²) in [5.74, 6) is 2.36. The number of hydrogen-bond donors (Lipinski definition) is 5. The number of nitrogens with zero attached hydrogens (tertiary/aromatic N) is 4. The summed E-state index contributed by atoms with van der Waals surface area (Å²) in [6, 6.07) is 16.9. The predicted octanol–water partition coefficient (Wildman–Crippen LogP) is 3.21. The normalized spacial score (nSPS) is 11.9. The molecule has 0 fully saturated rings. The van der Waals surface area contributed by atoms with Gasteiger partial charge in [-0.2, -0.15) is 20.5 Å². The van der Waals surface area contributed by atoms with Crippen LogP contribution < -0.4 is 38.1 Å². The summed E-state index contributed by atoms with van der Waals surface area (Å²) in [6.07, 6.45) is 1.11. The highest BCUT2D eigenvalue weighted by molar-refractivity contribution is 5.73. The molecule has 37 heavy (non-hydrogen) atoms. The van der Waals surface area contributed by atoms with Crippen LogP contribution in [-0.4, -0.2) is 9.97 Å². The van der Waals surface area contributed by atoms with Gasteiger partial charge < -0.3 is 38.1 Å². The van der Waals surface area contributed by atoms with Crippen LogP contribution in [0.15, 0.2) is 42.5 Å². The minimum absolute atomic E-state index is 0.0812. The van der Waals surface area contributed by atoms with Crippen molar-refractivity contribution in [3.05, 3.63) is 75.8 Å². The smallest absolute Gasteiger partial charge is 0.226 e. The van der Waals surface area contributed by atoms with Crippen molar-refractivity contribution < 1.29 is 9.47 Å². The Morgan fingerprint density at radius 1 is 0.676 bits per heavy atom. The summed E-state index contributed by atoms with van der Waals surface area (Å²) in [7, 11) is 0. The third-order valence-corrected chi connectivity index (χ3v) is 6.09. The minimum atomic E-state index is 0.0812. The molecule has 0 saturated carbocycles. The maximum Gasteiger partial charge on any atom is 0.226 e. The van der Waals surface area contributed by atoms with Gasteiger partial charge in [-0.3, -0.25) is 0 Å². The topological polar surface area (TPSA) is 222 Å². The van der Waals surface area contributed by atoms with Crippen molar-refractivity contribution in [2.45, 2.75) is 12.8 Å². The van der Waals surface area contributed by atoms with Crippen LogP contribution in [0.3, 0.4) is 0 Å². The molecule has 0 radical (unpaired) electrons. The van der Waals surface area contributed by atoms with E-state index in [2.05, 4.69) is 9.97 Å². The van der Waals surface area contributed by atoms with Gasteiger partial charge in [0.05, 0.1) is 11.4 Å². The maximum atomic E-state index is 9.03. The fraction of sp³-hybridized carbons (Fsp3) is 0.0769. The third kappa shape index (κ3) is 3.96. The second kappa shape index (κ2) is 8.83. The average Bonchev–Trinajstić information content (AvgIpc) is 2.88. The van der Waals surface area contributed by atoms with E-state index in [0.717, 1.165) is 22.4 Å². The molecule has 11 heteroatoms. The second-order valence-electron chi connectivity index (χ2n) is 8.40. The lowest BCUT2D eigenvalue weighted by Gasteiger charge is -2.21. The first-order valence-corrected chi connectivity index (χ1v) is 11.1. The van der Waals surface area contributed by atoms with E-state index in [-0.39, 0.29) is 22.8 Å². The van der Waals surface area contributed by atoms with Crippen LogP contribution in [0.25, 0.3) is 0 Å². The van der Waals surface area contributed by atoms with Crippen molar-refractivity contribution in [2.75, 3.05) is 28.7 Å². The lowest BCUT2D eigenvalue weighted by Crippen LogP contribution is -2.12. The van der Waals surface area contributed by atoms with Gasteiger partial charge in [-0.25, -0.2) is 0 Å². The summed E-state index contributed by atoms with van der Waals surface area (Å²) in [4.78, 5) is 8.19. The molecular formula is C26H21N9O2. The van der Waals surface area contributed by atoms with Crippen molar-refractivity contribution in [1.29, 1.82) is 10.5 Å². The molecule has 11 nitrogen and oxygen atoms in total. The number of pyridine rings is 2. The fourth-order valence-electron chi connectivity index (χ4n) is 4.19. The van der Waals surface area contributed by atoms with Gasteiger partial charge in [0.15, 0.2) is 0 Å². The monoisotopic (exact) mass is 491 g/mol. The number of hydrogen-bond acceptors (Lipinski definition) is 11. The number of aromatic nitrogens is 2. The molecule has 0 spiro atoms. The average molecular weight is 492 g/mol. The Morgan fingerprint density at radius 2 is 1.19 bits per heavy atom. The summed E-state index contributed by atoms with van der Waals surface area (Å²) in [6.45, 7) is 0. The molecule has 2 aliphatic heterocycles. The summed E-state index contributed by atoms with van der Waals surface area (Å²) < 4.78 is 11.3. The van der Waals surface area contributed by atoms with E-state index in [9.17, 15) is 0 Å². The zero-order valence-corrected chi connectivity index (χ0v) is 19.4. The van der Waals surface area contributed by atoms with Crippen molar-refractivity contribution >= 4 is 28.7 Å². The lowest BCUT2D eigenvalue weighted by atomic mass is 9.99. The minimum Gasteiger partial charge on any atom is -0.438 e. The van der Waals surface area contributed by atoms with E-state index in [1.165, 1.54) is 0 Å². The SMILES string of the molecule is N#Cc1c(N)nc2c(c1N)Cc1cc(N)ccc1O2.N#Cc1c(N)nc2c(c1N)Cc1ccccc1O2. The van der Waals surface area contributed by atoms with Crippen LogP contribution >= 0.6 is 0 Å². The van der Waals surface area contributed by atoms with Crippen LogP contribution in [0.1, 0.15) is 33.4 Å². The van der Waals surface area contributed by atoms with Gasteiger partial charge in [0.25, 0.3) is 0 Å². The molecule has 2 aliphatic rings. The highest BCUT2D eigenvalue weighted by Crippen LogP contribution is 2.41. The number of anilines is 5. The molecule has 4 heterocycles. The van der Waals surface area contributed by atoms with Crippen molar-refractivity contribution in [3.8, 4) is 35.4 Å². The van der Waals surface area contributed by atoms with Crippen molar-refractivity contribution in [2.24, 2.45) is 0 Å². The Labute approximate surface area is 211 Å². The number of ether oxygens (including phenoxy) is 2. The molecule has 2 aromatic heterocycles. The quantitative estimate of drug-likeness (QED) is 0.194. The van der Waals surface area contributed by atoms with Crippen LogP contribution in [0.5, 0.6) is 23.3 Å². The third-order valence-electron chi connectivity index (χ3n) is 6.09. The molecule has 182 valence electrons. The summed E-state index contributed by atoms with van der Waals surface area (Å²) in [5, 5.41) is 18.0. The largest absolute Gasteiger partial charge is 0.438 e. The number of fused-ring (bicyclic) bond motifs is 4. The summed E-state index contributed by atoms with van der Waals surface area (Å²) >= 11 is 0. The van der Waals surface area contributed by atoms with Gasteiger partial charge in [-0.1, -0.05) is 18.2 Å². The molecule has 0 aliphatic carbocycles. The highest BCUT2D eigenvalue weighted by Gasteiger charge is 2.25. The molecule has 0 amide bonds. The number of para-hydroxylation sites is 1. The Bertz CT molecular complexity index is 1670. The van der Waals surface area contributed by atoms with Crippen LogP contribution in [-0.2, 0) is 12.8 Å². The van der Waals surface area contributed by atoms with E-state index in [1.54, 1.807) is 12.1 Å². The maximum absolute atomic E-state index is 9.03. The zero-order valence-electron chi connectivity index (χ0n) is 19.4.